The van der Waals surface area contributed by atoms with E-state index in [9.17, 15) is 9.59 Å². The molecule has 7 heteroatoms. The predicted octanol–water partition coefficient (Wildman–Crippen LogP) is 4.64. The Bertz CT molecular complexity index is 1000. The van der Waals surface area contributed by atoms with Crippen molar-refractivity contribution in [1.29, 1.82) is 0 Å². The molecule has 0 atom stereocenters. The van der Waals surface area contributed by atoms with Crippen molar-refractivity contribution in [2.24, 2.45) is 0 Å². The number of Topliss-reactive ketones (excluding diaryl/α,β-unsaturated/α-hetero) is 1. The summed E-state index contributed by atoms with van der Waals surface area (Å²) in [4.78, 5) is 23.6. The van der Waals surface area contributed by atoms with E-state index in [1.165, 1.54) is 11.6 Å². The first-order chi connectivity index (χ1) is 13.3. The van der Waals surface area contributed by atoms with Crippen molar-refractivity contribution in [1.82, 2.24) is 9.78 Å². The molecule has 28 heavy (non-hydrogen) atoms. The summed E-state index contributed by atoms with van der Waals surface area (Å²) in [5.41, 5.74) is 3.32. The molecule has 0 saturated heterocycles. The van der Waals surface area contributed by atoms with Crippen LogP contribution in [0.1, 0.15) is 38.9 Å². The summed E-state index contributed by atoms with van der Waals surface area (Å²) in [6.45, 7) is 5.50. The highest BCUT2D eigenvalue weighted by Crippen LogP contribution is 2.26. The van der Waals surface area contributed by atoms with E-state index in [-0.39, 0.29) is 24.1 Å². The molecule has 1 amide bonds. The number of carbonyl (C=O) groups excluding carboxylic acids is 2. The molecule has 0 saturated carbocycles. The first-order valence-corrected chi connectivity index (χ1v) is 9.06. The van der Waals surface area contributed by atoms with Crippen molar-refractivity contribution in [2.45, 2.75) is 27.5 Å². The molecule has 0 spiro atoms. The van der Waals surface area contributed by atoms with Crippen LogP contribution in [0.2, 0.25) is 5.02 Å². The fourth-order valence-electron chi connectivity index (χ4n) is 2.67. The SMILES string of the molecule is CC(=O)c1ccc(NC(=O)c2ccn(COc3cc(C)c(Cl)c(C)c3)n2)cc1. The smallest absolute Gasteiger partial charge is 0.276 e. The van der Waals surface area contributed by atoms with Crippen molar-refractivity contribution >= 4 is 29.0 Å². The summed E-state index contributed by atoms with van der Waals surface area (Å²) in [7, 11) is 0. The maximum atomic E-state index is 12.3. The summed E-state index contributed by atoms with van der Waals surface area (Å²) in [6, 6.07) is 12.0. The van der Waals surface area contributed by atoms with Crippen LogP contribution in [-0.2, 0) is 6.73 Å². The maximum absolute atomic E-state index is 12.3. The fourth-order valence-corrected chi connectivity index (χ4v) is 2.78. The zero-order valence-electron chi connectivity index (χ0n) is 15.8. The number of ketones is 1. The van der Waals surface area contributed by atoms with E-state index in [2.05, 4.69) is 10.4 Å². The first kappa shape index (κ1) is 19.6. The molecule has 1 aromatic heterocycles. The van der Waals surface area contributed by atoms with Gasteiger partial charge in [-0.05, 0) is 74.4 Å². The maximum Gasteiger partial charge on any atom is 0.276 e. The number of hydrogen-bond donors (Lipinski definition) is 1. The van der Waals surface area contributed by atoms with Crippen LogP contribution in [0.15, 0.2) is 48.7 Å². The third-order valence-corrected chi connectivity index (χ3v) is 4.79. The van der Waals surface area contributed by atoms with E-state index < -0.39 is 0 Å². The topological polar surface area (TPSA) is 73.2 Å². The minimum Gasteiger partial charge on any atom is -0.471 e. The molecular formula is C21H20ClN3O3. The van der Waals surface area contributed by atoms with E-state index in [4.69, 9.17) is 16.3 Å². The summed E-state index contributed by atoms with van der Waals surface area (Å²) in [5, 5.41) is 7.70. The molecule has 144 valence electrons. The molecule has 3 rings (SSSR count). The van der Waals surface area contributed by atoms with Crippen molar-refractivity contribution < 1.29 is 14.3 Å². The lowest BCUT2D eigenvalue weighted by Crippen LogP contribution is -2.14. The molecule has 2 aromatic carbocycles. The second kappa shape index (κ2) is 8.27. The number of amides is 1. The third-order valence-electron chi connectivity index (χ3n) is 4.20. The van der Waals surface area contributed by atoms with Gasteiger partial charge < -0.3 is 10.1 Å². The molecule has 0 fully saturated rings. The van der Waals surface area contributed by atoms with Gasteiger partial charge in [0.05, 0.1) is 0 Å². The Morgan fingerprint density at radius 1 is 1.11 bits per heavy atom. The molecule has 0 aliphatic heterocycles. The van der Waals surface area contributed by atoms with Crippen LogP contribution in [0.5, 0.6) is 5.75 Å². The molecular weight excluding hydrogens is 378 g/mol. The average Bonchev–Trinajstić information content (AvgIpc) is 3.14. The Labute approximate surface area is 168 Å². The van der Waals surface area contributed by atoms with E-state index >= 15 is 0 Å². The van der Waals surface area contributed by atoms with E-state index in [1.807, 2.05) is 26.0 Å². The van der Waals surface area contributed by atoms with Crippen LogP contribution in [0.25, 0.3) is 0 Å². The van der Waals surface area contributed by atoms with Gasteiger partial charge in [-0.15, -0.1) is 0 Å². The Hall–Kier alpha value is -3.12. The lowest BCUT2D eigenvalue weighted by molar-refractivity contribution is 0.101. The van der Waals surface area contributed by atoms with Gasteiger partial charge in [0.15, 0.2) is 18.2 Å². The highest BCUT2D eigenvalue weighted by atomic mass is 35.5. The number of benzene rings is 2. The summed E-state index contributed by atoms with van der Waals surface area (Å²) in [6.07, 6.45) is 1.67. The van der Waals surface area contributed by atoms with Crippen molar-refractivity contribution in [3.8, 4) is 5.75 Å². The van der Waals surface area contributed by atoms with E-state index in [1.54, 1.807) is 36.5 Å². The Balaban J connectivity index is 1.61. The minimum absolute atomic E-state index is 0.0253. The number of halogens is 1. The lowest BCUT2D eigenvalue weighted by Gasteiger charge is -2.10. The third kappa shape index (κ3) is 4.58. The second-order valence-electron chi connectivity index (χ2n) is 6.47. The Morgan fingerprint density at radius 2 is 1.75 bits per heavy atom. The van der Waals surface area contributed by atoms with Gasteiger partial charge in [-0.1, -0.05) is 11.6 Å². The van der Waals surface area contributed by atoms with Gasteiger partial charge >= 0.3 is 0 Å². The fraction of sp³-hybridized carbons (Fsp3) is 0.190. The molecule has 0 aliphatic carbocycles. The van der Waals surface area contributed by atoms with Crippen LogP contribution >= 0.6 is 11.6 Å². The van der Waals surface area contributed by atoms with E-state index in [0.717, 1.165) is 16.1 Å². The average molecular weight is 398 g/mol. The van der Waals surface area contributed by atoms with Gasteiger partial charge in [0.25, 0.3) is 5.91 Å². The molecule has 6 nitrogen and oxygen atoms in total. The van der Waals surface area contributed by atoms with Crippen LogP contribution in [0.3, 0.4) is 0 Å². The van der Waals surface area contributed by atoms with Gasteiger partial charge in [0, 0.05) is 22.5 Å². The van der Waals surface area contributed by atoms with Gasteiger partial charge in [0.2, 0.25) is 0 Å². The standard InChI is InChI=1S/C21H20ClN3O3/c1-13-10-18(11-14(2)20(13)22)28-12-25-9-8-19(24-25)21(27)23-17-6-4-16(5-7-17)15(3)26/h4-11H,12H2,1-3H3,(H,23,27). The predicted molar refractivity (Wildman–Crippen MR) is 108 cm³/mol. The van der Waals surface area contributed by atoms with Crippen LogP contribution < -0.4 is 10.1 Å². The molecule has 0 bridgehead atoms. The molecule has 1 heterocycles. The minimum atomic E-state index is -0.340. The number of carbonyl (C=O) groups is 2. The quantitative estimate of drug-likeness (QED) is 0.615. The largest absolute Gasteiger partial charge is 0.471 e. The Morgan fingerprint density at radius 3 is 2.36 bits per heavy atom. The normalized spacial score (nSPS) is 10.6. The number of hydrogen-bond acceptors (Lipinski definition) is 4. The number of anilines is 1. The number of aromatic nitrogens is 2. The number of nitrogens with zero attached hydrogens (tertiary/aromatic N) is 2. The zero-order valence-corrected chi connectivity index (χ0v) is 16.6. The van der Waals surface area contributed by atoms with Gasteiger partial charge in [-0.25, -0.2) is 4.68 Å². The van der Waals surface area contributed by atoms with Crippen LogP contribution in [0, 0.1) is 13.8 Å². The van der Waals surface area contributed by atoms with Gasteiger partial charge in [-0.2, -0.15) is 5.10 Å². The zero-order chi connectivity index (χ0) is 20.3. The molecule has 0 radical (unpaired) electrons. The van der Waals surface area contributed by atoms with Crippen molar-refractivity contribution in [3.63, 3.8) is 0 Å². The molecule has 3 aromatic rings. The van der Waals surface area contributed by atoms with E-state index in [0.29, 0.717) is 17.0 Å². The van der Waals surface area contributed by atoms with Crippen LogP contribution in [0.4, 0.5) is 5.69 Å². The summed E-state index contributed by atoms with van der Waals surface area (Å²) in [5.74, 6) is 0.321. The number of aryl methyl sites for hydroxylation is 2. The Kier molecular flexibility index (Phi) is 5.80. The van der Waals surface area contributed by atoms with Gasteiger partial charge in [0.1, 0.15) is 5.75 Å². The highest BCUT2D eigenvalue weighted by molar-refractivity contribution is 6.32. The molecule has 1 N–H and O–H groups in total. The van der Waals surface area contributed by atoms with Crippen molar-refractivity contribution in [2.75, 3.05) is 5.32 Å². The summed E-state index contributed by atoms with van der Waals surface area (Å²) < 4.78 is 7.27. The number of nitrogens with one attached hydrogen (secondary N) is 1. The molecule has 0 aliphatic rings. The van der Waals surface area contributed by atoms with Crippen molar-refractivity contribution in [3.05, 3.63) is 76.1 Å². The van der Waals surface area contributed by atoms with Gasteiger partial charge in [-0.3, -0.25) is 9.59 Å². The number of ether oxygens (including phenoxy) is 1. The monoisotopic (exact) mass is 397 g/mol. The number of rotatable bonds is 6. The highest BCUT2D eigenvalue weighted by Gasteiger charge is 2.11. The second-order valence-corrected chi connectivity index (χ2v) is 6.85. The molecule has 0 unspecified atom stereocenters. The summed E-state index contributed by atoms with van der Waals surface area (Å²) >= 11 is 6.16. The lowest BCUT2D eigenvalue weighted by atomic mass is 10.1. The van der Waals surface area contributed by atoms with Crippen LogP contribution in [-0.4, -0.2) is 21.5 Å². The first-order valence-electron chi connectivity index (χ1n) is 8.69.